The molecule has 5 heterocycles. The highest BCUT2D eigenvalue weighted by Gasteiger charge is 2.53. The number of nitrogens with zero attached hydrogens (tertiary/aromatic N) is 5. The SMILES string of the molecule is CC[C@H]1OC(=O)[C@H](C)[C@@H](O[C@H]2C[C@@](C)(OC)[C@@H](O)[C@H](C)O2)[C@H](C)[C@@H](O[C@@H]2O[C@H](C)C[C@H](N(C)C)[C@H]2O)[C@](C)(O)C[C@@H](C)CN(CCCCc2cn(CCc3c[nH]c4ccc(F)cc34)nn2)[C@H](C)[C@@H](O)[C@]1(C)O. The van der Waals surface area contributed by atoms with E-state index >= 15 is 0 Å². The molecule has 3 saturated heterocycles. The zero-order chi connectivity index (χ0) is 53.0. The number of carbonyl (C=O) groups is 1. The number of hydrogen-bond donors (Lipinski definition) is 6. The Hall–Kier alpha value is -3.18. The van der Waals surface area contributed by atoms with E-state index in [1.54, 1.807) is 45.4 Å². The molecule has 3 aliphatic heterocycles. The second-order valence-electron chi connectivity index (χ2n) is 22.4. The number of aryl methyl sites for hydroxylation is 3. The summed E-state index contributed by atoms with van der Waals surface area (Å²) in [5, 5.41) is 69.9. The molecule has 0 saturated carbocycles. The molecular weight excluding hydrogens is 932 g/mol. The fourth-order valence-electron chi connectivity index (χ4n) is 11.7. The first-order valence-electron chi connectivity index (χ1n) is 26.2. The minimum absolute atomic E-state index is 0.106. The standard InChI is InChI=1S/C53H87FN6O12/c1-14-42-53(10,66)46(62)34(6)59(21-16-15-17-38-29-60(57-56-38)22-20-36-27-55-40-19-18-37(54)24-39(36)40)28-30(2)25-51(8,65)48(72-50-44(61)41(58(11)12)23-31(3)68-50)32(4)45(33(5)49(64)70-42)71-43-26-52(9,67-13)47(63)35(7)69-43/h18-19,24,27,29-35,41-48,50,55,61-63,65-66H,14-17,20-23,25-26,28H2,1-13H3/t30-,31-,32+,33-,34-,35+,41+,42-,43+,44-,45+,46-,47+,48-,50+,51-,52-,53-/m1/s1. The maximum absolute atomic E-state index is 14.6. The molecule has 3 aliphatic rings. The minimum atomic E-state index is -1.89. The average Bonchev–Trinajstić information content (AvgIpc) is 3.96. The summed E-state index contributed by atoms with van der Waals surface area (Å²) >= 11 is 0. The van der Waals surface area contributed by atoms with Gasteiger partial charge in [0, 0.05) is 67.9 Å². The van der Waals surface area contributed by atoms with E-state index in [1.165, 1.54) is 26.2 Å². The number of rotatable bonds is 15. The Morgan fingerprint density at radius 1 is 0.958 bits per heavy atom. The van der Waals surface area contributed by atoms with Crippen LogP contribution in [0.1, 0.15) is 119 Å². The number of benzene rings is 1. The van der Waals surface area contributed by atoms with E-state index in [0.29, 0.717) is 45.3 Å². The Labute approximate surface area is 425 Å². The molecule has 72 heavy (non-hydrogen) atoms. The highest BCUT2D eigenvalue weighted by Crippen LogP contribution is 2.40. The summed E-state index contributed by atoms with van der Waals surface area (Å²) in [6.07, 6.45) is -2.29. The van der Waals surface area contributed by atoms with Gasteiger partial charge in [0.1, 0.15) is 35.8 Å². The van der Waals surface area contributed by atoms with Gasteiger partial charge in [-0.2, -0.15) is 0 Å². The molecule has 6 rings (SSSR count). The Kier molecular flexibility index (Phi) is 19.5. The number of aromatic nitrogens is 4. The lowest BCUT2D eigenvalue weighted by Gasteiger charge is -2.48. The summed E-state index contributed by atoms with van der Waals surface area (Å²) < 4.78 is 54.0. The van der Waals surface area contributed by atoms with Crippen LogP contribution in [0.3, 0.4) is 0 Å². The lowest BCUT2D eigenvalue weighted by molar-refractivity contribution is -0.318. The predicted molar refractivity (Wildman–Crippen MR) is 268 cm³/mol. The molecule has 0 aliphatic carbocycles. The van der Waals surface area contributed by atoms with Gasteiger partial charge in [-0.05, 0) is 144 Å². The quantitative estimate of drug-likeness (QED) is 0.0893. The van der Waals surface area contributed by atoms with Crippen LogP contribution in [0.2, 0.25) is 0 Å². The van der Waals surface area contributed by atoms with Crippen molar-refractivity contribution in [2.24, 2.45) is 17.8 Å². The van der Waals surface area contributed by atoms with E-state index in [0.717, 1.165) is 28.6 Å². The number of aliphatic hydroxyl groups excluding tert-OH is 3. The number of unbranched alkanes of at least 4 members (excludes halogenated alkanes) is 1. The van der Waals surface area contributed by atoms with Crippen molar-refractivity contribution in [3.05, 3.63) is 47.7 Å². The fourth-order valence-corrected chi connectivity index (χ4v) is 11.7. The smallest absolute Gasteiger partial charge is 0.311 e. The van der Waals surface area contributed by atoms with Gasteiger partial charge in [-0.1, -0.05) is 26.0 Å². The third-order valence-electron chi connectivity index (χ3n) is 16.1. The van der Waals surface area contributed by atoms with E-state index in [1.807, 2.05) is 59.1 Å². The number of nitrogens with one attached hydrogen (secondary N) is 1. The highest BCUT2D eigenvalue weighted by atomic mass is 19.1. The number of hydrogen-bond acceptors (Lipinski definition) is 16. The lowest BCUT2D eigenvalue weighted by Crippen LogP contribution is -2.60. The maximum Gasteiger partial charge on any atom is 0.311 e. The maximum atomic E-state index is 14.6. The number of fused-ring (bicyclic) bond motifs is 1. The van der Waals surface area contributed by atoms with E-state index in [4.69, 9.17) is 28.4 Å². The summed E-state index contributed by atoms with van der Waals surface area (Å²) in [6, 6.07) is 3.76. The van der Waals surface area contributed by atoms with E-state index in [-0.39, 0.29) is 43.1 Å². The molecule has 408 valence electrons. The molecule has 0 bridgehead atoms. The molecule has 0 unspecified atom stereocenters. The van der Waals surface area contributed by atoms with Crippen LogP contribution in [0.4, 0.5) is 4.39 Å². The fraction of sp³-hybridized carbons (Fsp3) is 0.792. The number of carbonyl (C=O) groups excluding carboxylic acids is 1. The van der Waals surface area contributed by atoms with Crippen molar-refractivity contribution in [1.82, 2.24) is 29.8 Å². The van der Waals surface area contributed by atoms with Gasteiger partial charge in [-0.15, -0.1) is 5.10 Å². The van der Waals surface area contributed by atoms with Crippen molar-refractivity contribution in [2.75, 3.05) is 34.3 Å². The Morgan fingerprint density at radius 3 is 2.36 bits per heavy atom. The second kappa shape index (κ2) is 24.2. The van der Waals surface area contributed by atoms with Crippen LogP contribution in [-0.4, -0.2) is 186 Å². The van der Waals surface area contributed by atoms with E-state index in [9.17, 15) is 34.7 Å². The zero-order valence-electron chi connectivity index (χ0n) is 45.0. The number of aromatic amines is 1. The minimum Gasteiger partial charge on any atom is -0.459 e. The first-order valence-corrected chi connectivity index (χ1v) is 26.2. The van der Waals surface area contributed by atoms with Crippen molar-refractivity contribution >= 4 is 16.9 Å². The number of likely N-dealkylation sites (N-methyl/N-ethyl adjacent to an activating group) is 1. The summed E-state index contributed by atoms with van der Waals surface area (Å²) in [7, 11) is 5.28. The van der Waals surface area contributed by atoms with Crippen molar-refractivity contribution in [1.29, 1.82) is 0 Å². The van der Waals surface area contributed by atoms with Crippen LogP contribution >= 0.6 is 0 Å². The zero-order valence-corrected chi connectivity index (χ0v) is 45.0. The van der Waals surface area contributed by atoms with Gasteiger partial charge < -0.3 is 63.8 Å². The molecule has 0 spiro atoms. The number of H-pyrrole nitrogens is 1. The molecule has 1 aromatic carbocycles. The third-order valence-corrected chi connectivity index (χ3v) is 16.1. The van der Waals surface area contributed by atoms with Gasteiger partial charge in [0.25, 0.3) is 0 Å². The Morgan fingerprint density at radius 2 is 1.68 bits per heavy atom. The Bertz CT molecular complexity index is 2190. The van der Waals surface area contributed by atoms with Crippen molar-refractivity contribution < 1.29 is 63.1 Å². The van der Waals surface area contributed by atoms with Gasteiger partial charge in [-0.25, -0.2) is 4.39 Å². The van der Waals surface area contributed by atoms with Crippen LogP contribution in [0.5, 0.6) is 0 Å². The summed E-state index contributed by atoms with van der Waals surface area (Å²) in [5.41, 5.74) is -1.89. The monoisotopic (exact) mass is 1020 g/mol. The van der Waals surface area contributed by atoms with Gasteiger partial charge in [0.15, 0.2) is 12.6 Å². The van der Waals surface area contributed by atoms with Crippen molar-refractivity contribution in [2.45, 2.75) is 217 Å². The summed E-state index contributed by atoms with van der Waals surface area (Å²) in [6.45, 7) is 19.2. The van der Waals surface area contributed by atoms with Gasteiger partial charge in [-0.3, -0.25) is 14.4 Å². The summed E-state index contributed by atoms with van der Waals surface area (Å²) in [4.78, 5) is 21.9. The van der Waals surface area contributed by atoms with Crippen LogP contribution in [-0.2, 0) is 52.6 Å². The molecule has 18 atom stereocenters. The van der Waals surface area contributed by atoms with E-state index in [2.05, 4.69) is 20.2 Å². The number of esters is 1. The first kappa shape index (κ1) is 58.1. The molecule has 0 amide bonds. The van der Waals surface area contributed by atoms with Crippen molar-refractivity contribution in [3.63, 3.8) is 0 Å². The largest absolute Gasteiger partial charge is 0.459 e. The van der Waals surface area contributed by atoms with Crippen LogP contribution < -0.4 is 0 Å². The normalized spacial score (nSPS) is 39.2. The predicted octanol–water partition coefficient (Wildman–Crippen LogP) is 4.75. The lowest BCUT2D eigenvalue weighted by atomic mass is 9.77. The molecule has 18 nitrogen and oxygen atoms in total. The first-order chi connectivity index (χ1) is 33.8. The molecular formula is C53H87FN6O12. The number of ether oxygens (including phenoxy) is 6. The Balaban J connectivity index is 1.26. The average molecular weight is 1020 g/mol. The van der Waals surface area contributed by atoms with Gasteiger partial charge in [0.2, 0.25) is 0 Å². The van der Waals surface area contributed by atoms with E-state index < -0.39 is 96.0 Å². The molecule has 0 radical (unpaired) electrons. The number of methoxy groups -OCH3 is 1. The summed E-state index contributed by atoms with van der Waals surface area (Å²) in [5.74, 6) is -3.09. The molecule has 3 aromatic rings. The van der Waals surface area contributed by atoms with Crippen LogP contribution in [0.15, 0.2) is 30.6 Å². The second-order valence-corrected chi connectivity index (χ2v) is 22.4. The number of halogens is 1. The molecule has 3 fully saturated rings. The van der Waals surface area contributed by atoms with Gasteiger partial charge in [0.05, 0.1) is 47.2 Å². The number of aliphatic hydroxyl groups is 5. The van der Waals surface area contributed by atoms with Gasteiger partial charge >= 0.3 is 5.97 Å². The molecule has 2 aromatic heterocycles. The highest BCUT2D eigenvalue weighted by molar-refractivity contribution is 5.83. The topological polar surface area (TPSA) is 227 Å². The molecule has 19 heteroatoms. The van der Waals surface area contributed by atoms with Crippen LogP contribution in [0.25, 0.3) is 10.9 Å². The van der Waals surface area contributed by atoms with Crippen LogP contribution in [0, 0.1) is 23.6 Å². The molecule has 6 N–H and O–H groups in total. The third kappa shape index (κ3) is 13.4. The van der Waals surface area contributed by atoms with Crippen molar-refractivity contribution in [3.8, 4) is 0 Å². The number of cyclic esters (lactones) is 1.